The summed E-state index contributed by atoms with van der Waals surface area (Å²) in [4.78, 5) is 0. The fourth-order valence-electron chi connectivity index (χ4n) is 1.24. The zero-order valence-corrected chi connectivity index (χ0v) is 6.80. The number of hydrogen-bond acceptors (Lipinski definition) is 1. The van der Waals surface area contributed by atoms with Crippen LogP contribution in [0.4, 0.5) is 0 Å². The van der Waals surface area contributed by atoms with E-state index in [1.807, 2.05) is 0 Å². The van der Waals surface area contributed by atoms with Gasteiger partial charge in [-0.25, -0.2) is 0 Å². The van der Waals surface area contributed by atoms with Crippen LogP contribution in [-0.4, -0.2) is 10.7 Å². The normalized spacial score (nSPS) is 42.4. The van der Waals surface area contributed by atoms with Crippen LogP contribution < -0.4 is 0 Å². The van der Waals surface area contributed by atoms with Gasteiger partial charge in [0.2, 0.25) is 0 Å². The van der Waals surface area contributed by atoms with Gasteiger partial charge >= 0.3 is 0 Å². The Morgan fingerprint density at radius 1 is 1.91 bits per heavy atom. The first kappa shape index (κ1) is 5.15. The molecule has 0 aromatic carbocycles. The summed E-state index contributed by atoms with van der Waals surface area (Å²) in [5.41, 5.74) is -0.518. The molecule has 0 aliphatic heterocycles. The fourth-order valence-corrected chi connectivity index (χ4v) is 1.24. The summed E-state index contributed by atoms with van der Waals surface area (Å²) in [7, 11) is 0. The van der Waals surface area contributed by atoms with Gasteiger partial charge in [0.1, 0.15) is 0 Å². The maximum absolute atomic E-state index is 9.62. The van der Waals surface area contributed by atoms with E-state index in [2.05, 4.69) is 6.58 Å². The van der Waals surface area contributed by atoms with Crippen molar-refractivity contribution in [2.75, 3.05) is 0 Å². The molecule has 1 aliphatic rings. The lowest BCUT2D eigenvalue weighted by atomic mass is 9.84. The molecule has 1 rings (SSSR count). The summed E-state index contributed by atoms with van der Waals surface area (Å²) >= 11 is 0. The molecule has 0 saturated carbocycles. The van der Waals surface area contributed by atoms with E-state index in [4.69, 9.17) is 4.11 Å². The average Bonchev–Trinajstić information content (AvgIpc) is 2.01. The monoisotopic (exact) mass is 155 g/mol. The smallest absolute Gasteiger partial charge is 0.0800 e. The minimum Gasteiger partial charge on any atom is -0.386 e. The van der Waals surface area contributed by atoms with Crippen molar-refractivity contribution in [2.24, 2.45) is 5.92 Å². The Hall–Kier alpha value is -0.560. The molecule has 0 bridgehead atoms. The van der Waals surface area contributed by atoms with Crippen molar-refractivity contribution in [3.8, 4) is 0 Å². The third kappa shape index (κ3) is 2.19. The van der Waals surface area contributed by atoms with Crippen LogP contribution in [0.2, 0.25) is 0 Å². The van der Waals surface area contributed by atoms with Gasteiger partial charge in [-0.2, -0.15) is 0 Å². The first-order chi connectivity index (χ1) is 6.22. The number of allylic oxidation sites excluding steroid dienone is 2. The van der Waals surface area contributed by atoms with Crippen molar-refractivity contribution in [1.29, 1.82) is 0 Å². The average molecular weight is 155 g/mol. The molecular formula is C10H16O. The SMILES string of the molecule is [2H]C([2H])([2H])C(=C)C1C=C[C@@](C)(O)CC1. The molecule has 1 N–H and O–H groups in total. The molecule has 2 atom stereocenters. The molecule has 11 heavy (non-hydrogen) atoms. The van der Waals surface area contributed by atoms with E-state index >= 15 is 0 Å². The quantitative estimate of drug-likeness (QED) is 0.576. The van der Waals surface area contributed by atoms with E-state index in [1.54, 1.807) is 19.1 Å². The van der Waals surface area contributed by atoms with Crippen molar-refractivity contribution in [3.63, 3.8) is 0 Å². The zero-order valence-electron chi connectivity index (χ0n) is 9.80. The van der Waals surface area contributed by atoms with Crippen molar-refractivity contribution < 1.29 is 9.22 Å². The molecule has 0 fully saturated rings. The maximum atomic E-state index is 9.62. The van der Waals surface area contributed by atoms with E-state index in [9.17, 15) is 5.11 Å². The second-order valence-corrected chi connectivity index (χ2v) is 3.39. The molecule has 1 heteroatoms. The highest BCUT2D eigenvalue weighted by Gasteiger charge is 2.23. The highest BCUT2D eigenvalue weighted by atomic mass is 16.3. The summed E-state index contributed by atoms with van der Waals surface area (Å²) in [5, 5.41) is 9.62. The predicted molar refractivity (Wildman–Crippen MR) is 47.3 cm³/mol. The van der Waals surface area contributed by atoms with Crippen molar-refractivity contribution >= 4 is 0 Å². The lowest BCUT2D eigenvalue weighted by Gasteiger charge is -2.27. The second-order valence-electron chi connectivity index (χ2n) is 3.39. The molecule has 0 aromatic rings. The third-order valence-corrected chi connectivity index (χ3v) is 2.10. The van der Waals surface area contributed by atoms with Gasteiger partial charge < -0.3 is 5.11 Å². The summed E-state index contributed by atoms with van der Waals surface area (Å²) in [6, 6.07) is 0. The van der Waals surface area contributed by atoms with Crippen LogP contribution in [0.3, 0.4) is 0 Å². The highest BCUT2D eigenvalue weighted by Crippen LogP contribution is 2.28. The van der Waals surface area contributed by atoms with Gasteiger partial charge in [-0.15, -0.1) is 0 Å². The van der Waals surface area contributed by atoms with Crippen molar-refractivity contribution in [1.82, 2.24) is 0 Å². The van der Waals surface area contributed by atoms with E-state index in [-0.39, 0.29) is 11.5 Å². The van der Waals surface area contributed by atoms with Crippen LogP contribution in [-0.2, 0) is 0 Å². The van der Waals surface area contributed by atoms with Gasteiger partial charge in [-0.05, 0) is 32.5 Å². The van der Waals surface area contributed by atoms with E-state index < -0.39 is 12.5 Å². The molecule has 0 saturated heterocycles. The Morgan fingerprint density at radius 3 is 3.09 bits per heavy atom. The van der Waals surface area contributed by atoms with E-state index in [0.717, 1.165) is 0 Å². The van der Waals surface area contributed by atoms with Gasteiger partial charge in [-0.1, -0.05) is 24.3 Å². The minimum absolute atomic E-state index is 0.122. The molecule has 0 radical (unpaired) electrons. The first-order valence-corrected chi connectivity index (χ1v) is 3.83. The van der Waals surface area contributed by atoms with Crippen molar-refractivity contribution in [3.05, 3.63) is 24.3 Å². The van der Waals surface area contributed by atoms with Crippen LogP contribution >= 0.6 is 0 Å². The van der Waals surface area contributed by atoms with Crippen LogP contribution in [0.25, 0.3) is 0 Å². The largest absolute Gasteiger partial charge is 0.386 e. The van der Waals surface area contributed by atoms with Crippen LogP contribution in [0, 0.1) is 5.92 Å². The molecule has 0 spiro atoms. The number of aliphatic hydroxyl groups is 1. The van der Waals surface area contributed by atoms with Gasteiger partial charge in [0.25, 0.3) is 0 Å². The molecule has 1 nitrogen and oxygen atoms in total. The Morgan fingerprint density at radius 2 is 2.64 bits per heavy atom. The lowest BCUT2D eigenvalue weighted by molar-refractivity contribution is 0.0903. The zero-order chi connectivity index (χ0) is 11.0. The summed E-state index contributed by atoms with van der Waals surface area (Å²) < 4.78 is 21.6. The van der Waals surface area contributed by atoms with Crippen LogP contribution in [0.5, 0.6) is 0 Å². The fraction of sp³-hybridized carbons (Fsp3) is 0.600. The maximum Gasteiger partial charge on any atom is 0.0800 e. The van der Waals surface area contributed by atoms with Crippen LogP contribution in [0.1, 0.15) is 30.7 Å². The molecule has 0 heterocycles. The minimum atomic E-state index is -2.09. The molecule has 62 valence electrons. The number of rotatable bonds is 1. The molecule has 0 aromatic heterocycles. The van der Waals surface area contributed by atoms with Crippen LogP contribution in [0.15, 0.2) is 24.3 Å². The highest BCUT2D eigenvalue weighted by molar-refractivity contribution is 5.14. The van der Waals surface area contributed by atoms with Gasteiger partial charge in [0.05, 0.1) is 5.60 Å². The molecule has 0 amide bonds. The van der Waals surface area contributed by atoms with Gasteiger partial charge in [0.15, 0.2) is 0 Å². The summed E-state index contributed by atoms with van der Waals surface area (Å²) in [5.74, 6) is -0.122. The summed E-state index contributed by atoms with van der Waals surface area (Å²) in [6.45, 7) is 3.24. The Kier molecular flexibility index (Phi) is 1.32. The van der Waals surface area contributed by atoms with Gasteiger partial charge in [-0.3, -0.25) is 0 Å². The standard InChI is InChI=1S/C10H16O/c1-8(2)9-4-6-10(3,11)7-5-9/h4,6,9,11H,1,5,7H2,2-3H3/t9?,10-/m1/s1/i2D3. The molecule has 1 unspecified atom stereocenters. The Labute approximate surface area is 72.6 Å². The molecule has 1 aliphatic carbocycles. The third-order valence-electron chi connectivity index (χ3n) is 2.10. The summed E-state index contributed by atoms with van der Waals surface area (Å²) in [6.07, 6.45) is 4.65. The Balaban J connectivity index is 2.71. The van der Waals surface area contributed by atoms with E-state index in [1.165, 1.54) is 0 Å². The Bertz CT molecular complexity index is 263. The van der Waals surface area contributed by atoms with Gasteiger partial charge in [0, 0.05) is 4.11 Å². The topological polar surface area (TPSA) is 20.2 Å². The lowest BCUT2D eigenvalue weighted by Crippen LogP contribution is -2.25. The molecular weight excluding hydrogens is 136 g/mol. The predicted octanol–water partition coefficient (Wildman–Crippen LogP) is 2.28. The van der Waals surface area contributed by atoms with Crippen molar-refractivity contribution in [2.45, 2.75) is 32.2 Å². The first-order valence-electron chi connectivity index (χ1n) is 5.33. The second kappa shape index (κ2) is 2.82. The number of hydrogen-bond donors (Lipinski definition) is 1. The van der Waals surface area contributed by atoms with E-state index in [0.29, 0.717) is 12.8 Å².